The van der Waals surface area contributed by atoms with Crippen LogP contribution in [0.3, 0.4) is 0 Å². The minimum Gasteiger partial charge on any atom is -0.497 e. The molecular weight excluding hydrogens is 352 g/mol. The van der Waals surface area contributed by atoms with Crippen LogP contribution in [0.5, 0.6) is 23.0 Å². The quantitative estimate of drug-likeness (QED) is 0.642. The first kappa shape index (κ1) is 21.1. The molecule has 0 heterocycles. The van der Waals surface area contributed by atoms with Gasteiger partial charge in [-0.15, -0.1) is 0 Å². The maximum atomic E-state index is 5.38. The van der Waals surface area contributed by atoms with Crippen LogP contribution >= 0.6 is 0 Å². The van der Waals surface area contributed by atoms with E-state index in [0.717, 1.165) is 47.0 Å². The van der Waals surface area contributed by atoms with Gasteiger partial charge < -0.3 is 18.9 Å². The Kier molecular flexibility index (Phi) is 8.63. The summed E-state index contributed by atoms with van der Waals surface area (Å²) in [6, 6.07) is 11.6. The number of rotatable bonds is 8. The molecule has 0 spiro atoms. The fourth-order valence-corrected chi connectivity index (χ4v) is 2.76. The summed E-state index contributed by atoms with van der Waals surface area (Å²) in [7, 11) is 6.64. The van der Waals surface area contributed by atoms with Gasteiger partial charge in [-0.1, -0.05) is 11.8 Å². The maximum Gasteiger partial charge on any atom is 0.122 e. The molecule has 0 atom stereocenters. The molecule has 0 saturated heterocycles. The Bertz CT molecular complexity index is 819. The molecular formula is C24H26O4. The van der Waals surface area contributed by atoms with Crippen LogP contribution in [-0.4, -0.2) is 28.4 Å². The predicted octanol–water partition coefficient (Wildman–Crippen LogP) is 4.29. The van der Waals surface area contributed by atoms with E-state index >= 15 is 0 Å². The van der Waals surface area contributed by atoms with Crippen molar-refractivity contribution in [1.29, 1.82) is 0 Å². The molecule has 4 heteroatoms. The van der Waals surface area contributed by atoms with Gasteiger partial charge in [0, 0.05) is 12.8 Å². The Balaban J connectivity index is 1.86. The van der Waals surface area contributed by atoms with E-state index in [1.807, 2.05) is 36.4 Å². The second-order valence-electron chi connectivity index (χ2n) is 5.96. The van der Waals surface area contributed by atoms with Crippen LogP contribution in [0, 0.1) is 23.7 Å². The van der Waals surface area contributed by atoms with E-state index in [-0.39, 0.29) is 0 Å². The van der Waals surface area contributed by atoms with Crippen molar-refractivity contribution in [3.05, 3.63) is 47.5 Å². The van der Waals surface area contributed by atoms with Gasteiger partial charge in [0.2, 0.25) is 0 Å². The van der Waals surface area contributed by atoms with Crippen molar-refractivity contribution in [3.63, 3.8) is 0 Å². The molecule has 2 rings (SSSR count). The highest BCUT2D eigenvalue weighted by atomic mass is 16.5. The molecule has 0 fully saturated rings. The highest BCUT2D eigenvalue weighted by molar-refractivity contribution is 5.42. The van der Waals surface area contributed by atoms with Crippen LogP contribution in [-0.2, 0) is 12.8 Å². The van der Waals surface area contributed by atoms with Crippen LogP contribution < -0.4 is 18.9 Å². The average Bonchev–Trinajstić information content (AvgIpc) is 2.75. The van der Waals surface area contributed by atoms with E-state index in [1.54, 1.807) is 28.4 Å². The van der Waals surface area contributed by atoms with Gasteiger partial charge >= 0.3 is 0 Å². The van der Waals surface area contributed by atoms with E-state index in [1.165, 1.54) is 0 Å². The number of methoxy groups -OCH3 is 4. The van der Waals surface area contributed by atoms with Crippen molar-refractivity contribution in [3.8, 4) is 46.7 Å². The summed E-state index contributed by atoms with van der Waals surface area (Å²) in [5.41, 5.74) is 2.16. The SMILES string of the molecule is COc1ccc(OC)c(CCC#CC#CCCc2cc(OC)ccc2OC)c1. The molecule has 0 aromatic heterocycles. The first-order valence-corrected chi connectivity index (χ1v) is 9.09. The number of ether oxygens (including phenoxy) is 4. The number of benzene rings is 2. The first-order valence-electron chi connectivity index (χ1n) is 9.09. The standard InChI is InChI=1S/C24H26O4/c1-25-21-13-15-23(27-3)19(17-21)11-9-7-5-6-8-10-12-20-18-22(26-2)14-16-24(20)28-4/h13-18H,9-12H2,1-4H3. The van der Waals surface area contributed by atoms with Crippen LogP contribution in [0.15, 0.2) is 36.4 Å². The normalized spacial score (nSPS) is 9.43. The molecule has 0 aliphatic carbocycles. The first-order chi connectivity index (χ1) is 13.7. The molecule has 0 aliphatic rings. The molecule has 0 saturated carbocycles. The number of hydrogen-bond acceptors (Lipinski definition) is 4. The molecule has 0 amide bonds. The number of aryl methyl sites for hydroxylation is 2. The lowest BCUT2D eigenvalue weighted by atomic mass is 10.1. The predicted molar refractivity (Wildman–Crippen MR) is 111 cm³/mol. The second kappa shape index (κ2) is 11.5. The molecule has 0 N–H and O–H groups in total. The van der Waals surface area contributed by atoms with Gasteiger partial charge in [-0.25, -0.2) is 0 Å². The zero-order chi connectivity index (χ0) is 20.2. The van der Waals surface area contributed by atoms with Gasteiger partial charge in [-0.05, 0) is 72.2 Å². The molecule has 0 unspecified atom stereocenters. The van der Waals surface area contributed by atoms with Crippen LogP contribution in [0.2, 0.25) is 0 Å². The van der Waals surface area contributed by atoms with Crippen molar-refractivity contribution >= 4 is 0 Å². The third-order valence-corrected chi connectivity index (χ3v) is 4.25. The third-order valence-electron chi connectivity index (χ3n) is 4.25. The monoisotopic (exact) mass is 378 g/mol. The van der Waals surface area contributed by atoms with Gasteiger partial charge in [0.25, 0.3) is 0 Å². The van der Waals surface area contributed by atoms with Crippen LogP contribution in [0.25, 0.3) is 0 Å². The van der Waals surface area contributed by atoms with Gasteiger partial charge in [-0.3, -0.25) is 0 Å². The van der Waals surface area contributed by atoms with E-state index in [4.69, 9.17) is 18.9 Å². The van der Waals surface area contributed by atoms with Gasteiger partial charge in [0.15, 0.2) is 0 Å². The van der Waals surface area contributed by atoms with Gasteiger partial charge in [0.05, 0.1) is 28.4 Å². The molecule has 28 heavy (non-hydrogen) atoms. The number of hydrogen-bond donors (Lipinski definition) is 0. The Morgan fingerprint density at radius 3 is 1.39 bits per heavy atom. The summed E-state index contributed by atoms with van der Waals surface area (Å²) < 4.78 is 21.3. The minimum atomic E-state index is 0.710. The second-order valence-corrected chi connectivity index (χ2v) is 5.96. The van der Waals surface area contributed by atoms with Crippen molar-refractivity contribution < 1.29 is 18.9 Å². The highest BCUT2D eigenvalue weighted by Crippen LogP contribution is 2.25. The van der Waals surface area contributed by atoms with Gasteiger partial charge in [0.1, 0.15) is 23.0 Å². The summed E-state index contributed by atoms with van der Waals surface area (Å²) in [5.74, 6) is 15.4. The highest BCUT2D eigenvalue weighted by Gasteiger charge is 2.05. The lowest BCUT2D eigenvalue weighted by molar-refractivity contribution is 0.399. The molecule has 2 aromatic rings. The Morgan fingerprint density at radius 2 is 1.04 bits per heavy atom. The summed E-state index contributed by atoms with van der Waals surface area (Å²) in [6.07, 6.45) is 3.00. The zero-order valence-corrected chi connectivity index (χ0v) is 16.9. The Morgan fingerprint density at radius 1 is 0.607 bits per heavy atom. The fourth-order valence-electron chi connectivity index (χ4n) is 2.76. The van der Waals surface area contributed by atoms with Gasteiger partial charge in [-0.2, -0.15) is 0 Å². The smallest absolute Gasteiger partial charge is 0.122 e. The van der Waals surface area contributed by atoms with Crippen LogP contribution in [0.1, 0.15) is 24.0 Å². The van der Waals surface area contributed by atoms with Crippen molar-refractivity contribution in [2.45, 2.75) is 25.7 Å². The Hall–Kier alpha value is -3.24. The van der Waals surface area contributed by atoms with Crippen molar-refractivity contribution in [2.24, 2.45) is 0 Å². The topological polar surface area (TPSA) is 36.9 Å². The lowest BCUT2D eigenvalue weighted by Gasteiger charge is -2.09. The van der Waals surface area contributed by atoms with E-state index in [9.17, 15) is 0 Å². The summed E-state index contributed by atoms with van der Waals surface area (Å²) in [4.78, 5) is 0. The molecule has 0 radical (unpaired) electrons. The summed E-state index contributed by atoms with van der Waals surface area (Å²) in [6.45, 7) is 0. The lowest BCUT2D eigenvalue weighted by Crippen LogP contribution is -1.93. The molecule has 4 nitrogen and oxygen atoms in total. The van der Waals surface area contributed by atoms with E-state index in [2.05, 4.69) is 23.7 Å². The summed E-state index contributed by atoms with van der Waals surface area (Å²) >= 11 is 0. The minimum absolute atomic E-state index is 0.710. The Labute approximate surface area is 167 Å². The third kappa shape index (κ3) is 6.18. The molecule has 0 bridgehead atoms. The molecule has 146 valence electrons. The van der Waals surface area contributed by atoms with Crippen molar-refractivity contribution in [1.82, 2.24) is 0 Å². The van der Waals surface area contributed by atoms with E-state index < -0.39 is 0 Å². The largest absolute Gasteiger partial charge is 0.497 e. The van der Waals surface area contributed by atoms with E-state index in [0.29, 0.717) is 12.8 Å². The fraction of sp³-hybridized carbons (Fsp3) is 0.333. The van der Waals surface area contributed by atoms with Crippen LogP contribution in [0.4, 0.5) is 0 Å². The maximum absolute atomic E-state index is 5.38. The summed E-state index contributed by atoms with van der Waals surface area (Å²) in [5, 5.41) is 0. The average molecular weight is 378 g/mol. The molecule has 0 aliphatic heterocycles. The molecule has 2 aromatic carbocycles. The zero-order valence-electron chi connectivity index (χ0n) is 16.9. The van der Waals surface area contributed by atoms with Crippen molar-refractivity contribution in [2.75, 3.05) is 28.4 Å².